The summed E-state index contributed by atoms with van der Waals surface area (Å²) in [7, 11) is 3.05. The Morgan fingerprint density at radius 1 is 1.24 bits per heavy atom. The van der Waals surface area contributed by atoms with Crippen LogP contribution in [0.25, 0.3) is 11.6 Å². The maximum absolute atomic E-state index is 11.6. The Hall–Kier alpha value is -2.49. The van der Waals surface area contributed by atoms with Crippen LogP contribution in [-0.4, -0.2) is 25.2 Å². The van der Waals surface area contributed by atoms with Crippen molar-refractivity contribution in [1.29, 1.82) is 0 Å². The quantitative estimate of drug-likeness (QED) is 0.879. The van der Waals surface area contributed by atoms with Crippen molar-refractivity contribution in [1.82, 2.24) is 4.98 Å². The average Bonchev–Trinajstić information content (AvgIpc) is 3.09. The molecule has 1 aromatic heterocycles. The Balaban J connectivity index is 1.94. The van der Waals surface area contributed by atoms with E-state index in [2.05, 4.69) is 11.1 Å². The zero-order valence-corrected chi connectivity index (χ0v) is 12.1. The lowest BCUT2D eigenvalue weighted by Gasteiger charge is -2.03. The van der Waals surface area contributed by atoms with Crippen molar-refractivity contribution in [3.63, 3.8) is 0 Å². The minimum atomic E-state index is -0.329. The number of carbonyl (C=O) groups excluding carboxylic acids is 1. The molecule has 108 valence electrons. The monoisotopic (exact) mass is 283 g/mol. The fourth-order valence-corrected chi connectivity index (χ4v) is 2.67. The van der Waals surface area contributed by atoms with Crippen molar-refractivity contribution in [2.75, 3.05) is 14.2 Å². The lowest BCUT2D eigenvalue weighted by Crippen LogP contribution is -2.01. The van der Waals surface area contributed by atoms with Gasteiger partial charge in [0.15, 0.2) is 0 Å². The predicted molar refractivity (Wildman–Crippen MR) is 81.3 cm³/mol. The Morgan fingerprint density at radius 3 is 2.86 bits per heavy atom. The molecular weight excluding hydrogens is 266 g/mol. The Morgan fingerprint density at radius 2 is 2.10 bits per heavy atom. The number of hydrogen-bond donors (Lipinski definition) is 1. The number of aromatic nitrogens is 1. The molecule has 2 aromatic rings. The number of benzene rings is 1. The van der Waals surface area contributed by atoms with Gasteiger partial charge in [0.05, 0.1) is 14.2 Å². The normalized spacial score (nSPS) is 15.0. The molecule has 3 rings (SSSR count). The highest BCUT2D eigenvalue weighted by molar-refractivity contribution is 5.91. The molecule has 1 aliphatic rings. The van der Waals surface area contributed by atoms with E-state index in [-0.39, 0.29) is 5.97 Å². The van der Waals surface area contributed by atoms with Gasteiger partial charge in [0.2, 0.25) is 0 Å². The molecule has 0 aliphatic heterocycles. The summed E-state index contributed by atoms with van der Waals surface area (Å²) in [5.74, 6) is 0.509. The average molecular weight is 283 g/mol. The molecular formula is C17H17NO3. The van der Waals surface area contributed by atoms with Crippen molar-refractivity contribution in [2.45, 2.75) is 12.8 Å². The highest BCUT2D eigenvalue weighted by Gasteiger charge is 2.21. The fraction of sp³-hybridized carbons (Fsp3) is 0.235. The van der Waals surface area contributed by atoms with E-state index in [9.17, 15) is 4.79 Å². The molecule has 1 aromatic carbocycles. The van der Waals surface area contributed by atoms with Gasteiger partial charge in [0.1, 0.15) is 11.4 Å². The third-order valence-corrected chi connectivity index (χ3v) is 3.72. The second kappa shape index (κ2) is 5.48. The van der Waals surface area contributed by atoms with Crippen LogP contribution in [0.15, 0.2) is 30.3 Å². The highest BCUT2D eigenvalue weighted by atomic mass is 16.5. The van der Waals surface area contributed by atoms with Gasteiger partial charge in [-0.25, -0.2) is 4.79 Å². The van der Waals surface area contributed by atoms with Crippen LogP contribution < -0.4 is 4.74 Å². The molecule has 0 saturated carbocycles. The standard InChI is InChI=1S/C17H17NO3/c1-20-14-5-3-4-11(9-14)8-12-6-7-13-10-15(17(19)21-2)18-16(12)13/h3-5,8-10,18H,6-7H2,1-2H3/b12-8+. The number of esters is 1. The van der Waals surface area contributed by atoms with Crippen LogP contribution in [0.2, 0.25) is 0 Å². The first-order valence-electron chi connectivity index (χ1n) is 6.86. The van der Waals surface area contributed by atoms with Gasteiger partial charge < -0.3 is 14.5 Å². The summed E-state index contributed by atoms with van der Waals surface area (Å²) in [5.41, 5.74) is 5.02. The Kier molecular flexibility index (Phi) is 3.52. The number of ether oxygens (including phenoxy) is 2. The summed E-state index contributed by atoms with van der Waals surface area (Å²) in [6.07, 6.45) is 4.05. The van der Waals surface area contributed by atoms with E-state index in [1.165, 1.54) is 18.2 Å². The summed E-state index contributed by atoms with van der Waals surface area (Å²) in [4.78, 5) is 14.7. The molecule has 0 unspecified atom stereocenters. The second-order valence-corrected chi connectivity index (χ2v) is 5.02. The molecule has 4 nitrogen and oxygen atoms in total. The zero-order valence-electron chi connectivity index (χ0n) is 12.1. The molecule has 0 amide bonds. The van der Waals surface area contributed by atoms with E-state index >= 15 is 0 Å². The molecule has 0 saturated heterocycles. The lowest BCUT2D eigenvalue weighted by molar-refractivity contribution is 0.0594. The van der Waals surface area contributed by atoms with E-state index in [1.54, 1.807) is 7.11 Å². The molecule has 1 aliphatic carbocycles. The first-order chi connectivity index (χ1) is 10.2. The van der Waals surface area contributed by atoms with Crippen LogP contribution in [0.4, 0.5) is 0 Å². The minimum Gasteiger partial charge on any atom is -0.497 e. The van der Waals surface area contributed by atoms with Crippen LogP contribution in [0, 0.1) is 0 Å². The summed E-state index contributed by atoms with van der Waals surface area (Å²) in [6.45, 7) is 0. The van der Waals surface area contributed by atoms with Crippen LogP contribution >= 0.6 is 0 Å². The maximum atomic E-state index is 11.6. The molecule has 0 spiro atoms. The first kappa shape index (κ1) is 13.5. The first-order valence-corrected chi connectivity index (χ1v) is 6.86. The zero-order chi connectivity index (χ0) is 14.8. The molecule has 0 fully saturated rings. The van der Waals surface area contributed by atoms with E-state index in [1.807, 2.05) is 30.3 Å². The third kappa shape index (κ3) is 2.57. The summed E-state index contributed by atoms with van der Waals surface area (Å²) < 4.78 is 9.99. The number of rotatable bonds is 3. The van der Waals surface area contributed by atoms with Gasteiger partial charge in [0, 0.05) is 5.69 Å². The number of H-pyrrole nitrogens is 1. The van der Waals surface area contributed by atoms with E-state index in [4.69, 9.17) is 9.47 Å². The molecule has 4 heteroatoms. The second-order valence-electron chi connectivity index (χ2n) is 5.02. The SMILES string of the molecule is COC(=O)c1cc2c([nH]1)/C(=C/c1cccc(OC)c1)CC2. The van der Waals surface area contributed by atoms with E-state index < -0.39 is 0 Å². The Bertz CT molecular complexity index is 713. The molecule has 1 heterocycles. The van der Waals surface area contributed by atoms with Crippen molar-refractivity contribution >= 4 is 17.6 Å². The number of aromatic amines is 1. The lowest BCUT2D eigenvalue weighted by atomic mass is 10.1. The van der Waals surface area contributed by atoms with Gasteiger partial charge in [-0.2, -0.15) is 0 Å². The van der Waals surface area contributed by atoms with Crippen molar-refractivity contribution in [2.24, 2.45) is 0 Å². The van der Waals surface area contributed by atoms with E-state index in [0.717, 1.165) is 29.8 Å². The number of allylic oxidation sites excluding steroid dienone is 1. The largest absolute Gasteiger partial charge is 0.497 e. The van der Waals surface area contributed by atoms with Gasteiger partial charge >= 0.3 is 5.97 Å². The fourth-order valence-electron chi connectivity index (χ4n) is 2.67. The number of hydrogen-bond acceptors (Lipinski definition) is 3. The Labute approximate surface area is 123 Å². The molecule has 0 atom stereocenters. The third-order valence-electron chi connectivity index (χ3n) is 3.72. The van der Waals surface area contributed by atoms with Gasteiger partial charge in [-0.1, -0.05) is 12.1 Å². The summed E-state index contributed by atoms with van der Waals surface area (Å²) in [6, 6.07) is 9.81. The van der Waals surface area contributed by atoms with Gasteiger partial charge in [-0.3, -0.25) is 0 Å². The summed E-state index contributed by atoms with van der Waals surface area (Å²) in [5, 5.41) is 0. The van der Waals surface area contributed by atoms with Crippen molar-refractivity contribution < 1.29 is 14.3 Å². The van der Waals surface area contributed by atoms with Gasteiger partial charge in [-0.15, -0.1) is 0 Å². The van der Waals surface area contributed by atoms with Gasteiger partial charge in [0.25, 0.3) is 0 Å². The van der Waals surface area contributed by atoms with Crippen LogP contribution in [0.5, 0.6) is 5.75 Å². The molecule has 0 radical (unpaired) electrons. The van der Waals surface area contributed by atoms with Crippen LogP contribution in [0.3, 0.4) is 0 Å². The number of nitrogens with one attached hydrogen (secondary N) is 1. The number of methoxy groups -OCH3 is 2. The number of carbonyl (C=O) groups is 1. The summed E-state index contributed by atoms with van der Waals surface area (Å²) >= 11 is 0. The molecule has 21 heavy (non-hydrogen) atoms. The van der Waals surface area contributed by atoms with Crippen molar-refractivity contribution in [3.8, 4) is 5.75 Å². The topological polar surface area (TPSA) is 51.3 Å². The van der Waals surface area contributed by atoms with Crippen molar-refractivity contribution in [3.05, 3.63) is 52.8 Å². The van der Waals surface area contributed by atoms with Crippen LogP contribution in [-0.2, 0) is 11.2 Å². The van der Waals surface area contributed by atoms with Gasteiger partial charge in [-0.05, 0) is 53.8 Å². The smallest absolute Gasteiger partial charge is 0.354 e. The molecule has 0 bridgehead atoms. The number of aryl methyl sites for hydroxylation is 1. The van der Waals surface area contributed by atoms with E-state index in [0.29, 0.717) is 5.69 Å². The van der Waals surface area contributed by atoms with Crippen LogP contribution in [0.1, 0.15) is 33.7 Å². The minimum absolute atomic E-state index is 0.329. The predicted octanol–water partition coefficient (Wildman–Crippen LogP) is 3.30. The number of fused-ring (bicyclic) bond motifs is 1. The maximum Gasteiger partial charge on any atom is 0.354 e. The molecule has 1 N–H and O–H groups in total. The highest BCUT2D eigenvalue weighted by Crippen LogP contribution is 2.34.